The summed E-state index contributed by atoms with van der Waals surface area (Å²) in [5.41, 5.74) is -0.333. The lowest BCUT2D eigenvalue weighted by Crippen LogP contribution is -2.50. The molecule has 0 heterocycles. The molecule has 4 rings (SSSR count). The molecule has 1 unspecified atom stereocenters. The summed E-state index contributed by atoms with van der Waals surface area (Å²) in [6, 6.07) is 0. The fraction of sp³-hybridized carbons (Fsp3) is 0.821. The van der Waals surface area contributed by atoms with Gasteiger partial charge in [0.2, 0.25) is 0 Å². The van der Waals surface area contributed by atoms with Gasteiger partial charge in [-0.25, -0.2) is 0 Å². The Hall–Kier alpha value is -2.15. The van der Waals surface area contributed by atoms with E-state index in [1.54, 1.807) is 0 Å². The highest BCUT2D eigenvalue weighted by atomic mass is 16.6. The minimum absolute atomic E-state index is 0.0892. The molecule has 0 amide bonds. The summed E-state index contributed by atoms with van der Waals surface area (Å²) >= 11 is 0. The van der Waals surface area contributed by atoms with Crippen LogP contribution in [0.5, 0.6) is 0 Å². The van der Waals surface area contributed by atoms with E-state index in [0.29, 0.717) is 30.6 Å². The van der Waals surface area contributed by atoms with Gasteiger partial charge in [0.1, 0.15) is 19.8 Å². The maximum atomic E-state index is 13.4. The Bertz CT molecular complexity index is 921. The maximum absolute atomic E-state index is 13.4. The molecule has 0 aliphatic heterocycles. The summed E-state index contributed by atoms with van der Waals surface area (Å²) in [4.78, 5) is 40.3. The maximum Gasteiger partial charge on any atom is 0.312 e. The van der Waals surface area contributed by atoms with Crippen LogP contribution in [0.2, 0.25) is 0 Å². The van der Waals surface area contributed by atoms with Gasteiger partial charge in [-0.05, 0) is 122 Å². The summed E-state index contributed by atoms with van der Waals surface area (Å²) in [7, 11) is 3.95. The molecule has 0 spiro atoms. The van der Waals surface area contributed by atoms with Crippen molar-refractivity contribution in [3.8, 4) is 0 Å². The summed E-state index contributed by atoms with van der Waals surface area (Å²) in [6.07, 6.45) is 29.7. The highest BCUT2D eigenvalue weighted by Crippen LogP contribution is 2.60. The van der Waals surface area contributed by atoms with E-state index >= 15 is 0 Å². The Balaban J connectivity index is 1.31. The second-order valence-electron chi connectivity index (χ2n) is 14.9. The summed E-state index contributed by atoms with van der Waals surface area (Å²) in [6.45, 7) is 3.35. The zero-order valence-electron chi connectivity index (χ0n) is 29.5. The summed E-state index contributed by atoms with van der Waals surface area (Å²) in [5.74, 6) is 1.03. The highest BCUT2D eigenvalue weighted by Gasteiger charge is 2.55. The molecule has 0 saturated heterocycles. The molecule has 7 nitrogen and oxygen atoms in total. The fourth-order valence-corrected chi connectivity index (χ4v) is 8.04. The van der Waals surface area contributed by atoms with Gasteiger partial charge in [0.15, 0.2) is 0 Å². The summed E-state index contributed by atoms with van der Waals surface area (Å²) < 4.78 is 17.1. The van der Waals surface area contributed by atoms with Crippen LogP contribution in [0.3, 0.4) is 0 Å². The number of esters is 3. The number of rotatable bonds is 25. The van der Waals surface area contributed by atoms with Crippen LogP contribution in [-0.4, -0.2) is 63.3 Å². The van der Waals surface area contributed by atoms with Crippen molar-refractivity contribution in [2.24, 2.45) is 29.1 Å². The Kier molecular flexibility index (Phi) is 18.0. The van der Waals surface area contributed by atoms with Gasteiger partial charge in [0.25, 0.3) is 0 Å². The van der Waals surface area contributed by atoms with Crippen LogP contribution in [-0.2, 0) is 28.6 Å². The van der Waals surface area contributed by atoms with Gasteiger partial charge in [-0.15, -0.1) is 0 Å². The van der Waals surface area contributed by atoms with Crippen molar-refractivity contribution in [3.05, 3.63) is 24.3 Å². The predicted octanol–water partition coefficient (Wildman–Crippen LogP) is 8.60. The lowest BCUT2D eigenvalue weighted by Gasteiger charge is -2.55. The van der Waals surface area contributed by atoms with Crippen LogP contribution < -0.4 is 0 Å². The molecule has 4 bridgehead atoms. The van der Waals surface area contributed by atoms with E-state index in [1.165, 1.54) is 57.8 Å². The van der Waals surface area contributed by atoms with Gasteiger partial charge >= 0.3 is 17.9 Å². The Morgan fingerprint density at radius 3 is 1.74 bits per heavy atom. The predicted molar refractivity (Wildman–Crippen MR) is 184 cm³/mol. The first kappa shape index (κ1) is 38.3. The molecule has 4 aliphatic rings. The van der Waals surface area contributed by atoms with Crippen molar-refractivity contribution in [2.45, 2.75) is 135 Å². The van der Waals surface area contributed by atoms with Gasteiger partial charge in [0.05, 0.1) is 11.3 Å². The number of hydrogen-bond acceptors (Lipinski definition) is 7. The van der Waals surface area contributed by atoms with Crippen molar-refractivity contribution >= 4 is 17.9 Å². The third-order valence-electron chi connectivity index (χ3n) is 10.2. The smallest absolute Gasteiger partial charge is 0.312 e. The monoisotopic (exact) mass is 643 g/mol. The molecule has 7 heteroatoms. The molecule has 0 aromatic heterocycles. The van der Waals surface area contributed by atoms with E-state index in [-0.39, 0.29) is 49.1 Å². The number of carbonyl (C=O) groups is 3. The first-order chi connectivity index (χ1) is 22.3. The lowest BCUT2D eigenvalue weighted by molar-refractivity contribution is -0.174. The molecule has 1 atom stereocenters. The average Bonchev–Trinajstić information content (AvgIpc) is 3.01. The van der Waals surface area contributed by atoms with E-state index in [9.17, 15) is 14.4 Å². The van der Waals surface area contributed by atoms with Crippen LogP contribution in [0, 0.1) is 29.1 Å². The normalized spacial score (nSPS) is 24.2. The second kappa shape index (κ2) is 21.7. The van der Waals surface area contributed by atoms with Gasteiger partial charge in [-0.2, -0.15) is 0 Å². The van der Waals surface area contributed by atoms with Crippen molar-refractivity contribution in [3.63, 3.8) is 0 Å². The van der Waals surface area contributed by atoms with Crippen LogP contribution in [0.15, 0.2) is 24.3 Å². The second-order valence-corrected chi connectivity index (χ2v) is 14.9. The molecular weight excluding hydrogens is 578 g/mol. The highest BCUT2D eigenvalue weighted by molar-refractivity contribution is 5.77. The zero-order valence-corrected chi connectivity index (χ0v) is 29.5. The molecule has 46 heavy (non-hydrogen) atoms. The number of carbonyl (C=O) groups excluding carboxylic acids is 3. The summed E-state index contributed by atoms with van der Waals surface area (Å²) in [5, 5.41) is 0. The van der Waals surface area contributed by atoms with Crippen molar-refractivity contribution < 1.29 is 28.6 Å². The molecule has 262 valence electrons. The minimum Gasteiger partial charge on any atom is -0.465 e. The third kappa shape index (κ3) is 14.7. The topological polar surface area (TPSA) is 82.1 Å². The molecule has 0 aromatic carbocycles. The van der Waals surface area contributed by atoms with Crippen molar-refractivity contribution in [1.29, 1.82) is 0 Å². The fourth-order valence-electron chi connectivity index (χ4n) is 8.04. The molecule has 4 fully saturated rings. The van der Waals surface area contributed by atoms with Crippen LogP contribution in [0.1, 0.15) is 135 Å². The SMILES string of the molecule is CCCCC/C=C\C/C=C\CCCCCCCC(=O)OCC(COC(=O)CCCN(C)C)COC(=O)C12CC3CC(CC(C3)C1)C2. The molecule has 0 radical (unpaired) electrons. The van der Waals surface area contributed by atoms with Gasteiger partial charge < -0.3 is 19.1 Å². The van der Waals surface area contributed by atoms with E-state index in [4.69, 9.17) is 14.2 Å². The molecular formula is C39H65NO6. The van der Waals surface area contributed by atoms with Gasteiger partial charge in [-0.1, -0.05) is 63.3 Å². The molecule has 4 aliphatic carbocycles. The van der Waals surface area contributed by atoms with E-state index in [2.05, 4.69) is 31.2 Å². The first-order valence-electron chi connectivity index (χ1n) is 18.7. The molecule has 0 N–H and O–H groups in total. The Morgan fingerprint density at radius 2 is 1.17 bits per heavy atom. The first-order valence-corrected chi connectivity index (χ1v) is 18.7. The third-order valence-corrected chi connectivity index (χ3v) is 10.2. The average molecular weight is 644 g/mol. The number of allylic oxidation sites excluding steroid dienone is 4. The molecule has 4 saturated carbocycles. The number of unbranched alkanes of at least 4 members (excludes halogenated alkanes) is 8. The van der Waals surface area contributed by atoms with Crippen LogP contribution >= 0.6 is 0 Å². The van der Waals surface area contributed by atoms with Gasteiger partial charge in [0, 0.05) is 12.8 Å². The van der Waals surface area contributed by atoms with E-state index < -0.39 is 0 Å². The lowest BCUT2D eigenvalue weighted by atomic mass is 9.49. The molecule has 0 aromatic rings. The standard InChI is InChI=1S/C39H65NO6/c1-4-5-6-7-8-9-10-11-12-13-14-15-16-17-18-20-36(41)44-29-35(30-45-37(42)21-19-22-40(2)3)31-46-38(43)39-26-32-23-33(27-39)25-34(24-32)28-39/h8-9,11-12,32-35H,4-7,10,13-31H2,1-3H3/b9-8-,12-11-. The van der Waals surface area contributed by atoms with E-state index in [1.807, 2.05) is 19.0 Å². The van der Waals surface area contributed by atoms with Crippen molar-refractivity contribution in [2.75, 3.05) is 40.5 Å². The minimum atomic E-state index is -0.357. The van der Waals surface area contributed by atoms with E-state index in [0.717, 1.165) is 64.3 Å². The largest absolute Gasteiger partial charge is 0.465 e. The van der Waals surface area contributed by atoms with Gasteiger partial charge in [-0.3, -0.25) is 14.4 Å². The van der Waals surface area contributed by atoms with Crippen LogP contribution in [0.4, 0.5) is 0 Å². The number of nitrogens with zero attached hydrogens (tertiary/aromatic N) is 1. The Morgan fingerprint density at radius 1 is 0.674 bits per heavy atom. The van der Waals surface area contributed by atoms with Crippen molar-refractivity contribution in [1.82, 2.24) is 4.90 Å². The number of hydrogen-bond donors (Lipinski definition) is 0. The quantitative estimate of drug-likeness (QED) is 0.0426. The zero-order chi connectivity index (χ0) is 33.0. The number of ether oxygens (including phenoxy) is 3. The van der Waals surface area contributed by atoms with Crippen LogP contribution in [0.25, 0.3) is 0 Å². The Labute approximate surface area is 280 Å².